The molecule has 29 heavy (non-hydrogen) atoms. The van der Waals surface area contributed by atoms with Gasteiger partial charge in [0.05, 0.1) is 17.5 Å². The molecule has 142 valence electrons. The fraction of sp³-hybridized carbons (Fsp3) is 0.200. The van der Waals surface area contributed by atoms with Crippen molar-refractivity contribution in [2.45, 2.75) is 18.3 Å². The van der Waals surface area contributed by atoms with E-state index in [1.165, 1.54) is 29.2 Å². The zero-order valence-corrected chi connectivity index (χ0v) is 15.8. The third kappa shape index (κ3) is 1.87. The van der Waals surface area contributed by atoms with E-state index in [9.17, 15) is 14.0 Å². The number of carbonyl (C=O) groups excluding carboxylic acids is 2. The van der Waals surface area contributed by atoms with Gasteiger partial charge in [-0.2, -0.15) is 0 Å². The zero-order chi connectivity index (χ0) is 19.9. The van der Waals surface area contributed by atoms with E-state index < -0.39 is 23.1 Å². The normalized spacial score (nSPS) is 28.9. The van der Waals surface area contributed by atoms with E-state index in [1.807, 2.05) is 24.3 Å². The predicted molar refractivity (Wildman–Crippen MR) is 107 cm³/mol. The van der Waals surface area contributed by atoms with Crippen LogP contribution < -0.4 is 4.90 Å². The Morgan fingerprint density at radius 3 is 1.93 bits per heavy atom. The van der Waals surface area contributed by atoms with Crippen molar-refractivity contribution in [3.8, 4) is 0 Å². The minimum Gasteiger partial charge on any atom is -0.274 e. The number of amides is 2. The van der Waals surface area contributed by atoms with E-state index in [4.69, 9.17) is 0 Å². The first-order valence-corrected chi connectivity index (χ1v) is 9.85. The Morgan fingerprint density at radius 1 is 0.793 bits per heavy atom. The monoisotopic (exact) mass is 383 g/mol. The molecule has 4 aliphatic rings. The fourth-order valence-corrected chi connectivity index (χ4v) is 6.00. The fourth-order valence-electron chi connectivity index (χ4n) is 6.00. The summed E-state index contributed by atoms with van der Waals surface area (Å²) in [5.41, 5.74) is 4.40. The summed E-state index contributed by atoms with van der Waals surface area (Å²) in [4.78, 5) is 28.5. The maximum Gasteiger partial charge on any atom is 0.238 e. The lowest BCUT2D eigenvalue weighted by atomic mass is 9.48. The second-order valence-electron chi connectivity index (χ2n) is 8.35. The van der Waals surface area contributed by atoms with Crippen molar-refractivity contribution in [3.05, 3.63) is 101 Å². The van der Waals surface area contributed by atoms with Crippen molar-refractivity contribution in [2.75, 3.05) is 4.90 Å². The largest absolute Gasteiger partial charge is 0.274 e. The van der Waals surface area contributed by atoms with E-state index in [-0.39, 0.29) is 17.7 Å². The lowest BCUT2D eigenvalue weighted by Crippen LogP contribution is -2.51. The Hall–Kier alpha value is -3.27. The molecule has 0 spiro atoms. The average molecular weight is 383 g/mol. The molecule has 0 N–H and O–H groups in total. The van der Waals surface area contributed by atoms with Crippen molar-refractivity contribution in [1.82, 2.24) is 0 Å². The first-order valence-electron chi connectivity index (χ1n) is 9.85. The molecule has 3 aromatic rings. The maximum absolute atomic E-state index is 13.7. The van der Waals surface area contributed by atoms with Crippen LogP contribution >= 0.6 is 0 Å². The summed E-state index contributed by atoms with van der Waals surface area (Å²) in [5, 5.41) is 0. The van der Waals surface area contributed by atoms with Crippen LogP contribution in [-0.4, -0.2) is 11.8 Å². The van der Waals surface area contributed by atoms with Gasteiger partial charge < -0.3 is 0 Å². The van der Waals surface area contributed by atoms with Crippen molar-refractivity contribution >= 4 is 17.5 Å². The molecule has 7 rings (SSSR count). The Balaban J connectivity index is 1.61. The number of rotatable bonds is 1. The molecule has 3 aromatic carbocycles. The number of nitrogens with zero attached hydrogens (tertiary/aromatic N) is 1. The van der Waals surface area contributed by atoms with Gasteiger partial charge in [-0.3, -0.25) is 9.59 Å². The smallest absolute Gasteiger partial charge is 0.238 e. The Morgan fingerprint density at radius 2 is 1.34 bits per heavy atom. The summed E-state index contributed by atoms with van der Waals surface area (Å²) < 4.78 is 13.4. The van der Waals surface area contributed by atoms with Gasteiger partial charge in [-0.15, -0.1) is 0 Å². The first kappa shape index (κ1) is 16.7. The van der Waals surface area contributed by atoms with Gasteiger partial charge in [0.1, 0.15) is 5.82 Å². The molecule has 3 nitrogen and oxygen atoms in total. The standard InChI is InChI=1S/C25H18FNO2/c1-25-18-8-4-2-6-16(18)20(17-7-3-5-9-19(17)25)21-22(25)24(29)27(23(21)28)15-12-10-14(26)11-13-15/h2-13,20-22H,1H3. The second kappa shape index (κ2) is 5.41. The Labute approximate surface area is 167 Å². The van der Waals surface area contributed by atoms with Gasteiger partial charge in [0.25, 0.3) is 0 Å². The molecule has 0 radical (unpaired) electrons. The number of imide groups is 1. The van der Waals surface area contributed by atoms with E-state index in [2.05, 4.69) is 31.2 Å². The van der Waals surface area contributed by atoms with Crippen molar-refractivity contribution in [1.29, 1.82) is 0 Å². The average Bonchev–Trinajstić information content (AvgIpc) is 3.01. The van der Waals surface area contributed by atoms with Gasteiger partial charge in [-0.05, 0) is 46.5 Å². The summed E-state index contributed by atoms with van der Waals surface area (Å²) in [5.74, 6) is -1.82. The van der Waals surface area contributed by atoms with Crippen molar-refractivity contribution in [3.63, 3.8) is 0 Å². The molecule has 1 aliphatic heterocycles. The lowest BCUT2D eigenvalue weighted by molar-refractivity contribution is -0.123. The molecular formula is C25H18FNO2. The van der Waals surface area contributed by atoms with Gasteiger partial charge in [0.2, 0.25) is 11.8 Å². The highest BCUT2D eigenvalue weighted by Gasteiger charge is 2.66. The number of anilines is 1. The van der Waals surface area contributed by atoms with Crippen LogP contribution in [0.4, 0.5) is 10.1 Å². The third-order valence-electron chi connectivity index (χ3n) is 7.13. The summed E-state index contributed by atoms with van der Waals surface area (Å²) >= 11 is 0. The van der Waals surface area contributed by atoms with E-state index in [0.29, 0.717) is 5.69 Å². The predicted octanol–water partition coefficient (Wildman–Crippen LogP) is 4.40. The van der Waals surface area contributed by atoms with Gasteiger partial charge in [0, 0.05) is 11.3 Å². The van der Waals surface area contributed by atoms with E-state index >= 15 is 0 Å². The highest BCUT2D eigenvalue weighted by Crippen LogP contribution is 2.64. The minimum absolute atomic E-state index is 0.142. The van der Waals surface area contributed by atoms with Gasteiger partial charge in [-0.25, -0.2) is 9.29 Å². The number of benzene rings is 3. The molecule has 1 fully saturated rings. The van der Waals surface area contributed by atoms with Crippen LogP contribution in [0.2, 0.25) is 0 Å². The highest BCUT2D eigenvalue weighted by molar-refractivity contribution is 6.23. The Bertz CT molecular complexity index is 1150. The van der Waals surface area contributed by atoms with Crippen LogP contribution in [0.25, 0.3) is 0 Å². The summed E-state index contributed by atoms with van der Waals surface area (Å²) in [6.45, 7) is 2.09. The van der Waals surface area contributed by atoms with Crippen LogP contribution in [-0.2, 0) is 15.0 Å². The molecule has 2 amide bonds. The summed E-state index contributed by atoms with van der Waals surface area (Å²) in [6, 6.07) is 21.9. The highest BCUT2D eigenvalue weighted by atomic mass is 19.1. The maximum atomic E-state index is 13.7. The quantitative estimate of drug-likeness (QED) is 0.584. The summed E-state index contributed by atoms with van der Waals surface area (Å²) in [7, 11) is 0. The Kier molecular flexibility index (Phi) is 3.11. The van der Waals surface area contributed by atoms with Crippen molar-refractivity contribution in [2.24, 2.45) is 11.8 Å². The molecular weight excluding hydrogens is 365 g/mol. The molecule has 1 heterocycles. The van der Waals surface area contributed by atoms with Gasteiger partial charge in [0.15, 0.2) is 0 Å². The molecule has 0 aromatic heterocycles. The van der Waals surface area contributed by atoms with Crippen LogP contribution in [0.3, 0.4) is 0 Å². The summed E-state index contributed by atoms with van der Waals surface area (Å²) in [6.07, 6.45) is 0. The molecule has 3 aliphatic carbocycles. The third-order valence-corrected chi connectivity index (χ3v) is 7.13. The minimum atomic E-state index is -0.575. The number of hydrogen-bond acceptors (Lipinski definition) is 2. The van der Waals surface area contributed by atoms with Crippen molar-refractivity contribution < 1.29 is 14.0 Å². The van der Waals surface area contributed by atoms with Gasteiger partial charge >= 0.3 is 0 Å². The number of halogens is 1. The van der Waals surface area contributed by atoms with Crippen LogP contribution in [0.15, 0.2) is 72.8 Å². The van der Waals surface area contributed by atoms with Crippen LogP contribution in [0, 0.1) is 17.7 Å². The number of carbonyl (C=O) groups is 2. The second-order valence-corrected chi connectivity index (χ2v) is 8.35. The molecule has 0 saturated carbocycles. The van der Waals surface area contributed by atoms with Crippen LogP contribution in [0.5, 0.6) is 0 Å². The molecule has 1 saturated heterocycles. The van der Waals surface area contributed by atoms with E-state index in [0.717, 1.165) is 22.3 Å². The molecule has 4 heteroatoms. The number of hydrogen-bond donors (Lipinski definition) is 0. The molecule has 2 unspecified atom stereocenters. The molecule has 2 bridgehead atoms. The van der Waals surface area contributed by atoms with E-state index in [1.54, 1.807) is 0 Å². The van der Waals surface area contributed by atoms with Gasteiger partial charge in [-0.1, -0.05) is 55.5 Å². The zero-order valence-electron chi connectivity index (χ0n) is 15.8. The van der Waals surface area contributed by atoms with Crippen LogP contribution in [0.1, 0.15) is 35.1 Å². The topological polar surface area (TPSA) is 37.4 Å². The first-order chi connectivity index (χ1) is 14.0. The molecule has 2 atom stereocenters. The SMILES string of the molecule is CC12c3ccccc3C(c3ccccc31)C1C(=O)N(c3ccc(F)cc3)C(=O)C12. The lowest BCUT2D eigenvalue weighted by Gasteiger charge is -2.52.